The summed E-state index contributed by atoms with van der Waals surface area (Å²) in [6.45, 7) is 4.58. The van der Waals surface area contributed by atoms with Crippen LogP contribution < -0.4 is 11.1 Å². The highest BCUT2D eigenvalue weighted by atomic mass is 16.1. The van der Waals surface area contributed by atoms with Crippen LogP contribution in [0.15, 0.2) is 0 Å². The van der Waals surface area contributed by atoms with E-state index in [0.717, 1.165) is 25.2 Å². The third kappa shape index (κ3) is 3.25. The molecule has 0 radical (unpaired) electrons. The van der Waals surface area contributed by atoms with E-state index in [-0.39, 0.29) is 11.9 Å². The third-order valence-corrected chi connectivity index (χ3v) is 5.22. The van der Waals surface area contributed by atoms with Gasteiger partial charge in [0.05, 0.1) is 0 Å². The quantitative estimate of drug-likeness (QED) is 0.810. The van der Waals surface area contributed by atoms with Gasteiger partial charge in [-0.15, -0.1) is 0 Å². The van der Waals surface area contributed by atoms with Crippen molar-refractivity contribution >= 4 is 5.91 Å². The molecule has 104 valence electrons. The predicted octanol–water partition coefficient (Wildman–Crippen LogP) is 2.44. The first kappa shape index (κ1) is 13.9. The van der Waals surface area contributed by atoms with Crippen molar-refractivity contribution in [3.05, 3.63) is 0 Å². The summed E-state index contributed by atoms with van der Waals surface area (Å²) in [7, 11) is 0. The van der Waals surface area contributed by atoms with Gasteiger partial charge in [-0.05, 0) is 37.0 Å². The third-order valence-electron chi connectivity index (χ3n) is 5.22. The van der Waals surface area contributed by atoms with Crippen molar-refractivity contribution in [3.8, 4) is 0 Å². The SMILES string of the molecule is CC1CCCC(NC(=O)C[C@@H]2CCC[C@H]2N)C1C. The van der Waals surface area contributed by atoms with Crippen LogP contribution in [0.2, 0.25) is 0 Å². The first-order chi connectivity index (χ1) is 8.58. The number of carbonyl (C=O) groups excluding carboxylic acids is 1. The molecule has 2 fully saturated rings. The van der Waals surface area contributed by atoms with Gasteiger partial charge >= 0.3 is 0 Å². The number of nitrogens with two attached hydrogens (primary N) is 1. The highest BCUT2D eigenvalue weighted by molar-refractivity contribution is 5.76. The molecule has 3 unspecified atom stereocenters. The fourth-order valence-electron chi connectivity index (χ4n) is 3.61. The lowest BCUT2D eigenvalue weighted by molar-refractivity contribution is -0.123. The lowest BCUT2D eigenvalue weighted by Gasteiger charge is -2.34. The molecule has 2 rings (SSSR count). The maximum Gasteiger partial charge on any atom is 0.220 e. The van der Waals surface area contributed by atoms with Crippen LogP contribution in [0.3, 0.4) is 0 Å². The predicted molar refractivity (Wildman–Crippen MR) is 74.0 cm³/mol. The smallest absolute Gasteiger partial charge is 0.220 e. The zero-order valence-corrected chi connectivity index (χ0v) is 11.8. The number of amides is 1. The summed E-state index contributed by atoms with van der Waals surface area (Å²) in [5.74, 6) is 1.99. The summed E-state index contributed by atoms with van der Waals surface area (Å²) in [6.07, 6.45) is 7.75. The number of hydrogen-bond acceptors (Lipinski definition) is 2. The Labute approximate surface area is 111 Å². The standard InChI is InChI=1S/C15H28N2O/c1-10-5-3-8-14(11(10)2)17-15(18)9-12-6-4-7-13(12)16/h10-14H,3-9,16H2,1-2H3,(H,17,18)/t10?,11?,12-,13+,14?/m0/s1. The minimum Gasteiger partial charge on any atom is -0.353 e. The summed E-state index contributed by atoms with van der Waals surface area (Å²) < 4.78 is 0. The van der Waals surface area contributed by atoms with Gasteiger partial charge in [0.15, 0.2) is 0 Å². The number of rotatable bonds is 3. The van der Waals surface area contributed by atoms with Gasteiger partial charge in [0, 0.05) is 18.5 Å². The number of carbonyl (C=O) groups is 1. The van der Waals surface area contributed by atoms with Crippen LogP contribution in [-0.2, 0) is 4.79 Å². The first-order valence-corrected chi connectivity index (χ1v) is 7.63. The average molecular weight is 252 g/mol. The molecule has 0 bridgehead atoms. The number of nitrogens with one attached hydrogen (secondary N) is 1. The maximum absolute atomic E-state index is 12.1. The Morgan fingerprint density at radius 3 is 2.56 bits per heavy atom. The van der Waals surface area contributed by atoms with E-state index in [0.29, 0.717) is 24.3 Å². The van der Waals surface area contributed by atoms with Crippen LogP contribution in [-0.4, -0.2) is 18.0 Å². The van der Waals surface area contributed by atoms with E-state index in [1.165, 1.54) is 19.3 Å². The molecule has 3 heteroatoms. The molecule has 0 spiro atoms. The second-order valence-electron chi connectivity index (χ2n) is 6.50. The molecule has 3 nitrogen and oxygen atoms in total. The molecule has 0 heterocycles. The van der Waals surface area contributed by atoms with Gasteiger partial charge in [-0.3, -0.25) is 4.79 Å². The zero-order chi connectivity index (χ0) is 13.1. The summed E-state index contributed by atoms with van der Waals surface area (Å²) in [4.78, 5) is 12.1. The molecule has 1 amide bonds. The van der Waals surface area contributed by atoms with E-state index in [2.05, 4.69) is 19.2 Å². The molecule has 0 aliphatic heterocycles. The van der Waals surface area contributed by atoms with E-state index in [9.17, 15) is 4.79 Å². The van der Waals surface area contributed by atoms with Crippen LogP contribution >= 0.6 is 0 Å². The molecule has 3 N–H and O–H groups in total. The van der Waals surface area contributed by atoms with Gasteiger partial charge in [-0.2, -0.15) is 0 Å². The zero-order valence-electron chi connectivity index (χ0n) is 11.8. The Hall–Kier alpha value is -0.570. The highest BCUT2D eigenvalue weighted by Crippen LogP contribution is 2.30. The van der Waals surface area contributed by atoms with Gasteiger partial charge in [0.1, 0.15) is 0 Å². The van der Waals surface area contributed by atoms with E-state index in [1.807, 2.05) is 0 Å². The average Bonchev–Trinajstić information content (AvgIpc) is 2.71. The summed E-state index contributed by atoms with van der Waals surface area (Å²) in [6, 6.07) is 0.636. The molecule has 0 aromatic rings. The fourth-order valence-corrected chi connectivity index (χ4v) is 3.61. The lowest BCUT2D eigenvalue weighted by Crippen LogP contribution is -2.44. The van der Waals surface area contributed by atoms with Gasteiger partial charge in [0.25, 0.3) is 0 Å². The van der Waals surface area contributed by atoms with Crippen LogP contribution in [0.1, 0.15) is 58.8 Å². The van der Waals surface area contributed by atoms with Crippen molar-refractivity contribution in [3.63, 3.8) is 0 Å². The molecule has 2 aliphatic rings. The van der Waals surface area contributed by atoms with E-state index >= 15 is 0 Å². The van der Waals surface area contributed by atoms with Crippen molar-refractivity contribution in [2.24, 2.45) is 23.5 Å². The molecule has 2 saturated carbocycles. The molecule has 5 atom stereocenters. The monoisotopic (exact) mass is 252 g/mol. The Bertz CT molecular complexity index is 292. The van der Waals surface area contributed by atoms with Gasteiger partial charge in [0.2, 0.25) is 5.91 Å². The largest absolute Gasteiger partial charge is 0.353 e. The summed E-state index contributed by atoms with van der Waals surface area (Å²) >= 11 is 0. The second kappa shape index (κ2) is 6.05. The van der Waals surface area contributed by atoms with Gasteiger partial charge in [-0.1, -0.05) is 33.1 Å². The van der Waals surface area contributed by atoms with E-state index in [4.69, 9.17) is 5.73 Å². The molecule has 0 aromatic heterocycles. The first-order valence-electron chi connectivity index (χ1n) is 7.63. The second-order valence-corrected chi connectivity index (χ2v) is 6.50. The minimum absolute atomic E-state index is 0.225. The molecule has 0 saturated heterocycles. The normalized spacial score (nSPS) is 40.7. The minimum atomic E-state index is 0.225. The van der Waals surface area contributed by atoms with Crippen LogP contribution in [0.25, 0.3) is 0 Å². The fraction of sp³-hybridized carbons (Fsp3) is 0.933. The topological polar surface area (TPSA) is 55.1 Å². The van der Waals surface area contributed by atoms with Gasteiger partial charge < -0.3 is 11.1 Å². The lowest BCUT2D eigenvalue weighted by atomic mass is 9.78. The summed E-state index contributed by atoms with van der Waals surface area (Å²) in [5.41, 5.74) is 6.03. The van der Waals surface area contributed by atoms with Crippen LogP contribution in [0.5, 0.6) is 0 Å². The molecular weight excluding hydrogens is 224 g/mol. The Morgan fingerprint density at radius 1 is 1.17 bits per heavy atom. The van der Waals surface area contributed by atoms with Crippen molar-refractivity contribution in [1.29, 1.82) is 0 Å². The number of hydrogen-bond donors (Lipinski definition) is 2. The molecule has 18 heavy (non-hydrogen) atoms. The van der Waals surface area contributed by atoms with Crippen LogP contribution in [0, 0.1) is 17.8 Å². The summed E-state index contributed by atoms with van der Waals surface area (Å²) in [5, 5.41) is 3.25. The van der Waals surface area contributed by atoms with E-state index < -0.39 is 0 Å². The molecular formula is C15H28N2O. The van der Waals surface area contributed by atoms with Crippen LogP contribution in [0.4, 0.5) is 0 Å². The Balaban J connectivity index is 1.79. The van der Waals surface area contributed by atoms with Crippen molar-refractivity contribution in [2.45, 2.75) is 70.9 Å². The maximum atomic E-state index is 12.1. The van der Waals surface area contributed by atoms with Gasteiger partial charge in [-0.25, -0.2) is 0 Å². The van der Waals surface area contributed by atoms with Crippen molar-refractivity contribution in [2.75, 3.05) is 0 Å². The van der Waals surface area contributed by atoms with Crippen molar-refractivity contribution in [1.82, 2.24) is 5.32 Å². The molecule has 2 aliphatic carbocycles. The Kier molecular flexibility index (Phi) is 4.66. The Morgan fingerprint density at radius 2 is 1.89 bits per heavy atom. The van der Waals surface area contributed by atoms with E-state index in [1.54, 1.807) is 0 Å². The molecule has 0 aromatic carbocycles. The highest BCUT2D eigenvalue weighted by Gasteiger charge is 2.30. The van der Waals surface area contributed by atoms with Crippen molar-refractivity contribution < 1.29 is 4.79 Å².